The Kier molecular flexibility index (Phi) is 4.28. The number of hydrogen-bond donors (Lipinski definition) is 0. The van der Waals surface area contributed by atoms with Crippen molar-refractivity contribution in [2.75, 3.05) is 13.1 Å². The van der Waals surface area contributed by atoms with Crippen molar-refractivity contribution in [1.29, 1.82) is 0 Å². The number of carbonyl (C=O) groups excluding carboxylic acids is 1. The van der Waals surface area contributed by atoms with Crippen molar-refractivity contribution in [1.82, 2.24) is 19.0 Å². The smallest absolute Gasteiger partial charge is 0.255 e. The first-order valence-corrected chi connectivity index (χ1v) is 8.37. The Balaban J connectivity index is 1.66. The van der Waals surface area contributed by atoms with Crippen molar-refractivity contribution in [3.05, 3.63) is 42.7 Å². The first-order valence-electron chi connectivity index (χ1n) is 8.37. The van der Waals surface area contributed by atoms with E-state index < -0.39 is 0 Å². The van der Waals surface area contributed by atoms with E-state index in [-0.39, 0.29) is 11.4 Å². The molecule has 0 aromatic carbocycles. The minimum atomic E-state index is 0.00435. The summed E-state index contributed by atoms with van der Waals surface area (Å²) in [7, 11) is 0. The lowest BCUT2D eigenvalue weighted by Crippen LogP contribution is -2.41. The normalized spacial score (nSPS) is 19.1. The van der Waals surface area contributed by atoms with Gasteiger partial charge >= 0.3 is 0 Å². The molecular weight excluding hydrogens is 288 g/mol. The molecule has 1 aliphatic heterocycles. The average molecular weight is 314 g/mol. The van der Waals surface area contributed by atoms with Crippen LogP contribution in [0.4, 0.5) is 0 Å². The number of likely N-dealkylation sites (tertiary alicyclic amines) is 1. The molecule has 0 bridgehead atoms. The van der Waals surface area contributed by atoms with Crippen molar-refractivity contribution in [3.8, 4) is 0 Å². The second-order valence-corrected chi connectivity index (χ2v) is 7.50. The highest BCUT2D eigenvalue weighted by atomic mass is 16.2. The summed E-state index contributed by atoms with van der Waals surface area (Å²) in [4.78, 5) is 18.9. The van der Waals surface area contributed by atoms with Crippen LogP contribution < -0.4 is 0 Å². The summed E-state index contributed by atoms with van der Waals surface area (Å²) in [5.74, 6) is 0.662. The maximum Gasteiger partial charge on any atom is 0.255 e. The van der Waals surface area contributed by atoms with Crippen LogP contribution >= 0.6 is 0 Å². The van der Waals surface area contributed by atoms with E-state index in [1.165, 1.54) is 6.42 Å². The zero-order valence-electron chi connectivity index (χ0n) is 14.3. The van der Waals surface area contributed by atoms with Crippen LogP contribution in [0, 0.1) is 5.92 Å². The topological polar surface area (TPSA) is 43.1 Å². The third-order valence-corrected chi connectivity index (χ3v) is 4.55. The highest BCUT2D eigenvalue weighted by molar-refractivity contribution is 5.94. The number of imidazole rings is 1. The van der Waals surface area contributed by atoms with Crippen molar-refractivity contribution in [3.63, 3.8) is 0 Å². The van der Waals surface area contributed by atoms with E-state index in [0.29, 0.717) is 5.92 Å². The number of carbonyl (C=O) groups is 1. The van der Waals surface area contributed by atoms with E-state index in [0.717, 1.165) is 31.6 Å². The maximum absolute atomic E-state index is 12.8. The van der Waals surface area contributed by atoms with Crippen LogP contribution in [0.1, 0.15) is 44.0 Å². The van der Waals surface area contributed by atoms with Gasteiger partial charge in [-0.05, 0) is 45.6 Å². The second kappa shape index (κ2) is 6.22. The molecular formula is C18H26N4O. The van der Waals surface area contributed by atoms with Crippen LogP contribution in [0.2, 0.25) is 0 Å². The monoisotopic (exact) mass is 314 g/mol. The maximum atomic E-state index is 12.8. The molecule has 2 aromatic heterocycles. The highest BCUT2D eigenvalue weighted by Gasteiger charge is 2.25. The van der Waals surface area contributed by atoms with Gasteiger partial charge in [0.2, 0.25) is 0 Å². The molecule has 0 aliphatic carbocycles. The molecule has 1 atom stereocenters. The van der Waals surface area contributed by atoms with Gasteiger partial charge in [-0.2, -0.15) is 0 Å². The van der Waals surface area contributed by atoms with Gasteiger partial charge in [0.1, 0.15) is 0 Å². The van der Waals surface area contributed by atoms with E-state index >= 15 is 0 Å². The highest BCUT2D eigenvalue weighted by Crippen LogP contribution is 2.22. The number of aromatic nitrogens is 3. The first kappa shape index (κ1) is 15.8. The van der Waals surface area contributed by atoms with Gasteiger partial charge < -0.3 is 14.0 Å². The molecule has 5 nitrogen and oxygen atoms in total. The molecule has 0 radical (unpaired) electrons. The van der Waals surface area contributed by atoms with E-state index in [4.69, 9.17) is 0 Å². The fraction of sp³-hybridized carbons (Fsp3) is 0.556. The van der Waals surface area contributed by atoms with Crippen LogP contribution in [0.25, 0.3) is 0 Å². The zero-order chi connectivity index (χ0) is 16.4. The average Bonchev–Trinajstić information content (AvgIpc) is 3.17. The second-order valence-electron chi connectivity index (χ2n) is 7.50. The molecule has 5 heteroatoms. The lowest BCUT2D eigenvalue weighted by atomic mass is 9.97. The van der Waals surface area contributed by atoms with Gasteiger partial charge in [-0.25, -0.2) is 4.98 Å². The Hall–Kier alpha value is -2.04. The molecule has 1 fully saturated rings. The molecule has 1 aliphatic rings. The van der Waals surface area contributed by atoms with Gasteiger partial charge in [-0.3, -0.25) is 4.79 Å². The van der Waals surface area contributed by atoms with Crippen molar-refractivity contribution in [2.45, 2.75) is 45.7 Å². The number of hydrogen-bond acceptors (Lipinski definition) is 2. The van der Waals surface area contributed by atoms with E-state index in [1.807, 2.05) is 35.9 Å². The molecule has 3 rings (SSSR count). The van der Waals surface area contributed by atoms with Gasteiger partial charge in [-0.1, -0.05) is 0 Å². The Labute approximate surface area is 137 Å². The predicted octanol–water partition coefficient (Wildman–Crippen LogP) is 2.99. The largest absolute Gasteiger partial charge is 0.348 e. The summed E-state index contributed by atoms with van der Waals surface area (Å²) in [6.07, 6.45) is 11.9. The Morgan fingerprint density at radius 3 is 2.83 bits per heavy atom. The molecule has 0 N–H and O–H groups in total. The van der Waals surface area contributed by atoms with Crippen molar-refractivity contribution < 1.29 is 4.79 Å². The van der Waals surface area contributed by atoms with E-state index in [1.54, 1.807) is 6.20 Å². The van der Waals surface area contributed by atoms with Crippen LogP contribution in [0.3, 0.4) is 0 Å². The summed E-state index contributed by atoms with van der Waals surface area (Å²) >= 11 is 0. The molecule has 23 heavy (non-hydrogen) atoms. The van der Waals surface area contributed by atoms with Gasteiger partial charge in [0.05, 0.1) is 11.9 Å². The van der Waals surface area contributed by atoms with Crippen LogP contribution in [0.15, 0.2) is 37.2 Å². The standard InChI is InChI=1S/C18H26N4O/c1-18(2,3)22-9-6-16(13-22)17(23)21-8-4-5-15(12-21)11-20-10-7-19-14-20/h6-7,9-10,13-15H,4-5,8,11-12H2,1-3H3. The molecule has 0 spiro atoms. The molecule has 1 amide bonds. The van der Waals surface area contributed by atoms with Gasteiger partial charge in [0.25, 0.3) is 5.91 Å². The number of nitrogens with zero attached hydrogens (tertiary/aromatic N) is 4. The molecule has 0 saturated carbocycles. The summed E-state index contributed by atoms with van der Waals surface area (Å²) in [6.45, 7) is 9.06. The van der Waals surface area contributed by atoms with Crippen LogP contribution in [0.5, 0.6) is 0 Å². The first-order chi connectivity index (χ1) is 10.9. The SMILES string of the molecule is CC(C)(C)n1ccc(C(=O)N2CCCC(Cn3ccnc3)C2)c1. The third kappa shape index (κ3) is 3.66. The van der Waals surface area contributed by atoms with E-state index in [9.17, 15) is 4.79 Å². The summed E-state index contributed by atoms with van der Waals surface area (Å²) in [5, 5.41) is 0. The molecule has 3 heterocycles. The summed E-state index contributed by atoms with van der Waals surface area (Å²) < 4.78 is 4.21. The Morgan fingerprint density at radius 2 is 2.17 bits per heavy atom. The fourth-order valence-electron chi connectivity index (χ4n) is 3.21. The Morgan fingerprint density at radius 1 is 1.35 bits per heavy atom. The lowest BCUT2D eigenvalue weighted by molar-refractivity contribution is 0.0662. The minimum Gasteiger partial charge on any atom is -0.348 e. The van der Waals surface area contributed by atoms with Crippen molar-refractivity contribution >= 4 is 5.91 Å². The number of piperidine rings is 1. The lowest BCUT2D eigenvalue weighted by Gasteiger charge is -2.32. The fourth-order valence-corrected chi connectivity index (χ4v) is 3.21. The van der Waals surface area contributed by atoms with Gasteiger partial charge in [0.15, 0.2) is 0 Å². The predicted molar refractivity (Wildman–Crippen MR) is 90.3 cm³/mol. The molecule has 124 valence electrons. The number of rotatable bonds is 3. The zero-order valence-corrected chi connectivity index (χ0v) is 14.3. The van der Waals surface area contributed by atoms with E-state index in [2.05, 4.69) is 34.9 Å². The van der Waals surface area contributed by atoms with Crippen LogP contribution in [-0.4, -0.2) is 38.0 Å². The van der Waals surface area contributed by atoms with Crippen molar-refractivity contribution in [2.24, 2.45) is 5.92 Å². The van der Waals surface area contributed by atoms with Gasteiger partial charge in [-0.15, -0.1) is 0 Å². The molecule has 2 aromatic rings. The quantitative estimate of drug-likeness (QED) is 0.874. The Bertz CT molecular complexity index is 651. The summed E-state index contributed by atoms with van der Waals surface area (Å²) in [5.41, 5.74) is 0.799. The van der Waals surface area contributed by atoms with Gasteiger partial charge in [0, 0.05) is 50.0 Å². The summed E-state index contributed by atoms with van der Waals surface area (Å²) in [6, 6.07) is 1.94. The minimum absolute atomic E-state index is 0.00435. The molecule has 1 unspecified atom stereocenters. The molecule has 1 saturated heterocycles. The third-order valence-electron chi connectivity index (χ3n) is 4.55. The van der Waals surface area contributed by atoms with Crippen LogP contribution in [-0.2, 0) is 12.1 Å². The number of amides is 1.